The van der Waals surface area contributed by atoms with Crippen molar-refractivity contribution in [2.45, 2.75) is 18.5 Å². The molecule has 2 atom stereocenters. The molecule has 2 N–H and O–H groups in total. The van der Waals surface area contributed by atoms with Gasteiger partial charge in [-0.15, -0.1) is 0 Å². The van der Waals surface area contributed by atoms with E-state index in [0.717, 1.165) is 18.7 Å². The van der Waals surface area contributed by atoms with Gasteiger partial charge in [0.25, 0.3) is 0 Å². The molecule has 0 unspecified atom stereocenters. The lowest BCUT2D eigenvalue weighted by molar-refractivity contribution is 0.318. The first-order valence-corrected chi connectivity index (χ1v) is 7.00. The van der Waals surface area contributed by atoms with Gasteiger partial charge in [-0.25, -0.2) is 4.39 Å². The van der Waals surface area contributed by atoms with Crippen molar-refractivity contribution in [3.05, 3.63) is 71.5 Å². The van der Waals surface area contributed by atoms with Crippen molar-refractivity contribution in [2.75, 3.05) is 13.1 Å². The minimum Gasteiger partial charge on any atom is -0.326 e. The van der Waals surface area contributed by atoms with Crippen molar-refractivity contribution in [3.8, 4) is 0 Å². The van der Waals surface area contributed by atoms with Crippen molar-refractivity contribution in [1.29, 1.82) is 0 Å². The Kier molecular flexibility index (Phi) is 3.81. The zero-order valence-corrected chi connectivity index (χ0v) is 11.4. The Balaban J connectivity index is 1.71. The first kappa shape index (κ1) is 13.3. The van der Waals surface area contributed by atoms with Crippen molar-refractivity contribution in [3.63, 3.8) is 0 Å². The van der Waals surface area contributed by atoms with Crippen LogP contribution in [-0.4, -0.2) is 24.0 Å². The van der Waals surface area contributed by atoms with Gasteiger partial charge >= 0.3 is 0 Å². The molecule has 3 rings (SSSR count). The molecule has 0 amide bonds. The van der Waals surface area contributed by atoms with Gasteiger partial charge in [0.05, 0.1) is 0 Å². The second kappa shape index (κ2) is 5.73. The maximum atomic E-state index is 13.7. The molecule has 2 aromatic carbocycles. The Hall–Kier alpha value is -1.71. The number of benzene rings is 2. The van der Waals surface area contributed by atoms with E-state index in [1.165, 1.54) is 11.6 Å². The second-order valence-corrected chi connectivity index (χ2v) is 5.47. The SMILES string of the molecule is N[C@@H]1CN(Cc2ccccc2F)C[C@H]1c1ccccc1. The standard InChI is InChI=1S/C17H19FN2/c18-16-9-5-4-8-14(16)10-20-11-15(17(19)12-20)13-6-2-1-3-7-13/h1-9,15,17H,10-12,19H2/t15-,17+/m0/s1. The molecule has 104 valence electrons. The number of halogens is 1. The van der Waals surface area contributed by atoms with E-state index in [1.807, 2.05) is 30.3 Å². The summed E-state index contributed by atoms with van der Waals surface area (Å²) in [7, 11) is 0. The molecule has 0 radical (unpaired) electrons. The molecule has 0 saturated carbocycles. The normalized spacial score (nSPS) is 23.1. The van der Waals surface area contributed by atoms with Crippen LogP contribution in [0.3, 0.4) is 0 Å². The molecule has 2 nitrogen and oxygen atoms in total. The number of nitrogens with two attached hydrogens (primary N) is 1. The quantitative estimate of drug-likeness (QED) is 0.929. The third-order valence-electron chi connectivity index (χ3n) is 4.02. The van der Waals surface area contributed by atoms with Crippen LogP contribution in [0.1, 0.15) is 17.0 Å². The molecule has 1 heterocycles. The maximum Gasteiger partial charge on any atom is 0.127 e. The first-order chi connectivity index (χ1) is 9.74. The fraction of sp³-hybridized carbons (Fsp3) is 0.294. The van der Waals surface area contributed by atoms with Crippen LogP contribution in [0.15, 0.2) is 54.6 Å². The number of rotatable bonds is 3. The van der Waals surface area contributed by atoms with Gasteiger partial charge in [0.15, 0.2) is 0 Å². The van der Waals surface area contributed by atoms with Crippen LogP contribution in [0.5, 0.6) is 0 Å². The Bertz CT molecular complexity index is 570. The second-order valence-electron chi connectivity index (χ2n) is 5.47. The summed E-state index contributed by atoms with van der Waals surface area (Å²) in [4.78, 5) is 2.24. The summed E-state index contributed by atoms with van der Waals surface area (Å²) in [6.07, 6.45) is 0. The van der Waals surface area contributed by atoms with Crippen molar-refractivity contribution in [1.82, 2.24) is 4.90 Å². The smallest absolute Gasteiger partial charge is 0.127 e. The Labute approximate surface area is 119 Å². The van der Waals surface area contributed by atoms with Crippen molar-refractivity contribution < 1.29 is 4.39 Å². The maximum absolute atomic E-state index is 13.7. The molecule has 3 heteroatoms. The van der Waals surface area contributed by atoms with E-state index in [9.17, 15) is 4.39 Å². The average Bonchev–Trinajstić information content (AvgIpc) is 2.83. The van der Waals surface area contributed by atoms with Crippen LogP contribution in [-0.2, 0) is 6.54 Å². The lowest BCUT2D eigenvalue weighted by Gasteiger charge is -2.16. The summed E-state index contributed by atoms with van der Waals surface area (Å²) in [6.45, 7) is 2.33. The molecular weight excluding hydrogens is 251 g/mol. The molecule has 1 saturated heterocycles. The molecule has 0 bridgehead atoms. The van der Waals surface area contributed by atoms with E-state index < -0.39 is 0 Å². The zero-order valence-electron chi connectivity index (χ0n) is 11.4. The molecule has 0 aliphatic carbocycles. The molecular formula is C17H19FN2. The Morgan fingerprint density at radius 3 is 2.45 bits per heavy atom. The van der Waals surface area contributed by atoms with Gasteiger partial charge < -0.3 is 5.73 Å². The van der Waals surface area contributed by atoms with Crippen LogP contribution in [0, 0.1) is 5.82 Å². The highest BCUT2D eigenvalue weighted by molar-refractivity contribution is 5.24. The third-order valence-corrected chi connectivity index (χ3v) is 4.02. The summed E-state index contributed by atoms with van der Waals surface area (Å²) in [6, 6.07) is 17.4. The average molecular weight is 270 g/mol. The molecule has 0 spiro atoms. The number of nitrogens with zero attached hydrogens (tertiary/aromatic N) is 1. The van der Waals surface area contributed by atoms with Crippen LogP contribution in [0.2, 0.25) is 0 Å². The molecule has 1 fully saturated rings. The first-order valence-electron chi connectivity index (χ1n) is 7.00. The predicted octanol–water partition coefficient (Wildman–Crippen LogP) is 2.75. The third kappa shape index (κ3) is 2.74. The van der Waals surface area contributed by atoms with E-state index in [0.29, 0.717) is 12.5 Å². The predicted molar refractivity (Wildman–Crippen MR) is 78.8 cm³/mol. The fourth-order valence-corrected chi connectivity index (χ4v) is 2.96. The zero-order chi connectivity index (χ0) is 13.9. The van der Waals surface area contributed by atoms with Gasteiger partial charge in [-0.05, 0) is 11.6 Å². The van der Waals surface area contributed by atoms with E-state index in [2.05, 4.69) is 17.0 Å². The summed E-state index contributed by atoms with van der Waals surface area (Å²) in [5.41, 5.74) is 8.28. The van der Waals surface area contributed by atoms with Gasteiger partial charge in [0.1, 0.15) is 5.82 Å². The van der Waals surface area contributed by atoms with Gasteiger partial charge in [-0.1, -0.05) is 48.5 Å². The molecule has 2 aromatic rings. The topological polar surface area (TPSA) is 29.3 Å². The summed E-state index contributed by atoms with van der Waals surface area (Å²) < 4.78 is 13.7. The van der Waals surface area contributed by atoms with Crippen molar-refractivity contribution in [2.24, 2.45) is 5.73 Å². The van der Waals surface area contributed by atoms with Gasteiger partial charge in [-0.2, -0.15) is 0 Å². The minimum atomic E-state index is -0.135. The van der Waals surface area contributed by atoms with Gasteiger partial charge in [0, 0.05) is 37.2 Å². The summed E-state index contributed by atoms with van der Waals surface area (Å²) >= 11 is 0. The number of hydrogen-bond acceptors (Lipinski definition) is 2. The van der Waals surface area contributed by atoms with Crippen molar-refractivity contribution >= 4 is 0 Å². The highest BCUT2D eigenvalue weighted by Gasteiger charge is 2.31. The van der Waals surface area contributed by atoms with Crippen LogP contribution < -0.4 is 5.73 Å². The summed E-state index contributed by atoms with van der Waals surface area (Å²) in [5, 5.41) is 0. The van der Waals surface area contributed by atoms with Crippen LogP contribution in [0.4, 0.5) is 4.39 Å². The highest BCUT2D eigenvalue weighted by Crippen LogP contribution is 2.27. The monoisotopic (exact) mass is 270 g/mol. The minimum absolute atomic E-state index is 0.115. The van der Waals surface area contributed by atoms with E-state index >= 15 is 0 Å². The lowest BCUT2D eigenvalue weighted by atomic mass is 9.95. The van der Waals surface area contributed by atoms with Gasteiger partial charge in [0.2, 0.25) is 0 Å². The molecule has 20 heavy (non-hydrogen) atoms. The fourth-order valence-electron chi connectivity index (χ4n) is 2.96. The molecule has 0 aromatic heterocycles. The van der Waals surface area contributed by atoms with Crippen LogP contribution >= 0.6 is 0 Å². The molecule has 1 aliphatic rings. The molecule has 1 aliphatic heterocycles. The highest BCUT2D eigenvalue weighted by atomic mass is 19.1. The van der Waals surface area contributed by atoms with Gasteiger partial charge in [-0.3, -0.25) is 4.90 Å². The number of hydrogen-bond donors (Lipinski definition) is 1. The van der Waals surface area contributed by atoms with E-state index in [-0.39, 0.29) is 11.9 Å². The number of likely N-dealkylation sites (tertiary alicyclic amines) is 1. The Morgan fingerprint density at radius 2 is 1.70 bits per heavy atom. The summed E-state index contributed by atoms with van der Waals surface area (Å²) in [5.74, 6) is 0.201. The Morgan fingerprint density at radius 1 is 1.00 bits per heavy atom. The lowest BCUT2D eigenvalue weighted by Crippen LogP contribution is -2.28. The van der Waals surface area contributed by atoms with E-state index in [4.69, 9.17) is 5.73 Å². The largest absolute Gasteiger partial charge is 0.326 e. The van der Waals surface area contributed by atoms with Crippen LogP contribution in [0.25, 0.3) is 0 Å². The van der Waals surface area contributed by atoms with E-state index in [1.54, 1.807) is 6.07 Å².